The van der Waals surface area contributed by atoms with Gasteiger partial charge in [-0.25, -0.2) is 8.42 Å². The van der Waals surface area contributed by atoms with Gasteiger partial charge in [0.05, 0.1) is 11.7 Å². The number of nitrogens with zero attached hydrogens (tertiary/aromatic N) is 3. The van der Waals surface area contributed by atoms with E-state index < -0.39 is 10.0 Å². The van der Waals surface area contributed by atoms with E-state index in [2.05, 4.69) is 13.7 Å². The van der Waals surface area contributed by atoms with Crippen LogP contribution >= 0.6 is 11.7 Å². The third kappa shape index (κ3) is 4.57. The number of nitrogens with one attached hydrogen (secondary N) is 1. The predicted octanol–water partition coefficient (Wildman–Crippen LogP) is 4.89. The van der Waals surface area contributed by atoms with Gasteiger partial charge in [0.1, 0.15) is 15.9 Å². The highest BCUT2D eigenvalue weighted by Crippen LogP contribution is 2.29. The van der Waals surface area contributed by atoms with Gasteiger partial charge in [-0.3, -0.25) is 4.79 Å². The minimum Gasteiger partial charge on any atom is -0.322 e. The molecule has 2 aromatic heterocycles. The molecule has 5 rings (SSSR count). The van der Waals surface area contributed by atoms with Crippen molar-refractivity contribution in [2.75, 3.05) is 6.54 Å². The van der Waals surface area contributed by atoms with Gasteiger partial charge in [0, 0.05) is 24.2 Å². The number of H-pyrrole nitrogens is 1. The molecule has 0 radical (unpaired) electrons. The molecule has 0 aliphatic heterocycles. The van der Waals surface area contributed by atoms with Gasteiger partial charge in [0.15, 0.2) is 0 Å². The van der Waals surface area contributed by atoms with Crippen molar-refractivity contribution in [2.24, 2.45) is 0 Å². The molecule has 9 heteroatoms. The zero-order valence-corrected chi connectivity index (χ0v) is 21.9. The van der Waals surface area contributed by atoms with Crippen LogP contribution in [0.15, 0.2) is 70.4 Å². The predicted molar refractivity (Wildman–Crippen MR) is 144 cm³/mol. The van der Waals surface area contributed by atoms with E-state index in [1.165, 1.54) is 4.31 Å². The Labute approximate surface area is 213 Å². The number of aryl methyl sites for hydroxylation is 3. The van der Waals surface area contributed by atoms with Gasteiger partial charge in [0.2, 0.25) is 10.0 Å². The summed E-state index contributed by atoms with van der Waals surface area (Å²) in [5.41, 5.74) is 5.53. The first kappa shape index (κ1) is 24.3. The fourth-order valence-corrected chi connectivity index (χ4v) is 6.85. The Kier molecular flexibility index (Phi) is 6.46. The van der Waals surface area contributed by atoms with E-state index in [4.69, 9.17) is 0 Å². The van der Waals surface area contributed by atoms with Crippen LogP contribution in [0.3, 0.4) is 0 Å². The lowest BCUT2D eigenvalue weighted by Gasteiger charge is -2.24. The largest absolute Gasteiger partial charge is 0.322 e. The standard InChI is InChI=1S/C27H26N4O3S2/c1-17-8-10-23-21(14-17)15-22(27(32)28-23)16-31(13-12-20-7-5-4-6-18(20)2)36(33,34)26-19(3)9-11-24-25(26)30-35-29-24/h4-11,14-15H,12-13,16H2,1-3H3,(H,28,32). The summed E-state index contributed by atoms with van der Waals surface area (Å²) in [6.45, 7) is 5.91. The van der Waals surface area contributed by atoms with Crippen molar-refractivity contribution in [1.29, 1.82) is 0 Å². The second-order valence-electron chi connectivity index (χ2n) is 9.07. The molecular formula is C27H26N4O3S2. The summed E-state index contributed by atoms with van der Waals surface area (Å²) in [6.07, 6.45) is 0.515. The lowest BCUT2D eigenvalue weighted by molar-refractivity contribution is 0.408. The number of fused-ring (bicyclic) bond motifs is 2. The topological polar surface area (TPSA) is 96.0 Å². The molecule has 0 saturated heterocycles. The fraction of sp³-hybridized carbons (Fsp3) is 0.222. The van der Waals surface area contributed by atoms with Crippen LogP contribution in [0, 0.1) is 20.8 Å². The SMILES string of the molecule is Cc1ccc2[nH]c(=O)c(CN(CCc3ccccc3C)S(=O)(=O)c3c(C)ccc4nsnc34)cc2c1. The highest BCUT2D eigenvalue weighted by Gasteiger charge is 2.30. The monoisotopic (exact) mass is 518 g/mol. The fourth-order valence-electron chi connectivity index (χ4n) is 4.48. The summed E-state index contributed by atoms with van der Waals surface area (Å²) in [4.78, 5) is 16.0. The molecule has 3 aromatic carbocycles. The number of aromatic nitrogens is 3. The smallest absolute Gasteiger partial charge is 0.252 e. The van der Waals surface area contributed by atoms with Gasteiger partial charge < -0.3 is 4.98 Å². The zero-order valence-electron chi connectivity index (χ0n) is 20.3. The lowest BCUT2D eigenvalue weighted by Crippen LogP contribution is -2.35. The molecule has 5 aromatic rings. The minimum atomic E-state index is -4.00. The molecule has 184 valence electrons. The number of benzene rings is 3. The van der Waals surface area contributed by atoms with Crippen molar-refractivity contribution >= 4 is 43.7 Å². The van der Waals surface area contributed by atoms with Crippen molar-refractivity contribution in [3.05, 3.63) is 98.8 Å². The van der Waals surface area contributed by atoms with Gasteiger partial charge in [-0.1, -0.05) is 42.0 Å². The van der Waals surface area contributed by atoms with Crippen LogP contribution in [0.1, 0.15) is 27.8 Å². The summed E-state index contributed by atoms with van der Waals surface area (Å²) >= 11 is 0.987. The third-order valence-electron chi connectivity index (χ3n) is 6.49. The van der Waals surface area contributed by atoms with E-state index in [0.717, 1.165) is 39.3 Å². The van der Waals surface area contributed by atoms with E-state index in [-0.39, 0.29) is 23.5 Å². The average Bonchev–Trinajstić information content (AvgIpc) is 3.31. The Balaban J connectivity index is 1.60. The average molecular weight is 519 g/mol. The van der Waals surface area contributed by atoms with E-state index in [0.29, 0.717) is 28.6 Å². The summed E-state index contributed by atoms with van der Waals surface area (Å²) < 4.78 is 38.2. The highest BCUT2D eigenvalue weighted by atomic mass is 32.2. The molecule has 0 fully saturated rings. The Morgan fingerprint density at radius 3 is 2.53 bits per heavy atom. The molecule has 1 N–H and O–H groups in total. The first-order chi connectivity index (χ1) is 17.2. The molecule has 0 spiro atoms. The van der Waals surface area contributed by atoms with Crippen molar-refractivity contribution in [1.82, 2.24) is 18.0 Å². The molecule has 0 aliphatic carbocycles. The molecule has 0 amide bonds. The van der Waals surface area contributed by atoms with Crippen LogP contribution in [-0.4, -0.2) is 33.0 Å². The second-order valence-corrected chi connectivity index (χ2v) is 11.5. The van der Waals surface area contributed by atoms with Crippen LogP contribution in [0.2, 0.25) is 0 Å². The summed E-state index contributed by atoms with van der Waals surface area (Å²) in [6, 6.07) is 19.0. The van der Waals surface area contributed by atoms with Crippen LogP contribution in [-0.2, 0) is 23.0 Å². The first-order valence-corrected chi connectivity index (χ1v) is 13.8. The number of aromatic amines is 1. The molecule has 0 saturated carbocycles. The Bertz CT molecular complexity index is 1760. The maximum Gasteiger partial charge on any atom is 0.252 e. The van der Waals surface area contributed by atoms with Crippen molar-refractivity contribution in [3.8, 4) is 0 Å². The number of hydrogen-bond donors (Lipinski definition) is 1. The van der Waals surface area contributed by atoms with Crippen molar-refractivity contribution in [3.63, 3.8) is 0 Å². The van der Waals surface area contributed by atoms with Crippen LogP contribution in [0.4, 0.5) is 0 Å². The molecular weight excluding hydrogens is 492 g/mol. The normalized spacial score (nSPS) is 12.1. The van der Waals surface area contributed by atoms with Gasteiger partial charge in [-0.2, -0.15) is 13.1 Å². The molecule has 0 atom stereocenters. The second kappa shape index (κ2) is 9.57. The minimum absolute atomic E-state index is 0.0547. The lowest BCUT2D eigenvalue weighted by atomic mass is 10.1. The molecule has 0 bridgehead atoms. The van der Waals surface area contributed by atoms with Gasteiger partial charge >= 0.3 is 0 Å². The van der Waals surface area contributed by atoms with E-state index in [1.807, 2.05) is 56.3 Å². The van der Waals surface area contributed by atoms with Crippen LogP contribution in [0.25, 0.3) is 21.9 Å². The van der Waals surface area contributed by atoms with Gasteiger partial charge in [-0.05, 0) is 73.5 Å². The Morgan fingerprint density at radius 2 is 1.72 bits per heavy atom. The van der Waals surface area contributed by atoms with E-state index in [9.17, 15) is 13.2 Å². The quantitative estimate of drug-likeness (QED) is 0.331. The highest BCUT2D eigenvalue weighted by molar-refractivity contribution is 7.89. The number of rotatable bonds is 7. The van der Waals surface area contributed by atoms with Crippen LogP contribution in [0.5, 0.6) is 0 Å². The molecule has 0 aliphatic rings. The van der Waals surface area contributed by atoms with E-state index in [1.54, 1.807) is 25.1 Å². The van der Waals surface area contributed by atoms with Gasteiger partial charge in [0.25, 0.3) is 5.56 Å². The summed E-state index contributed by atoms with van der Waals surface area (Å²) in [7, 11) is -4.00. The van der Waals surface area contributed by atoms with Gasteiger partial charge in [-0.15, -0.1) is 0 Å². The number of sulfonamides is 1. The van der Waals surface area contributed by atoms with Crippen molar-refractivity contribution < 1.29 is 8.42 Å². The zero-order chi connectivity index (χ0) is 25.4. The molecule has 36 heavy (non-hydrogen) atoms. The summed E-state index contributed by atoms with van der Waals surface area (Å²) in [5.74, 6) is 0. The number of hydrogen-bond acceptors (Lipinski definition) is 6. The van der Waals surface area contributed by atoms with E-state index >= 15 is 0 Å². The first-order valence-electron chi connectivity index (χ1n) is 11.6. The third-order valence-corrected chi connectivity index (χ3v) is 9.06. The maximum atomic E-state index is 14.2. The molecule has 0 unspecified atom stereocenters. The maximum absolute atomic E-state index is 14.2. The van der Waals surface area contributed by atoms with Crippen molar-refractivity contribution in [2.45, 2.75) is 38.6 Å². The Morgan fingerprint density at radius 1 is 0.917 bits per heavy atom. The molecule has 2 heterocycles. The Hall–Kier alpha value is -3.40. The summed E-state index contributed by atoms with van der Waals surface area (Å²) in [5, 5.41) is 0.864. The molecule has 7 nitrogen and oxygen atoms in total. The van der Waals surface area contributed by atoms with Crippen LogP contribution < -0.4 is 5.56 Å². The number of pyridine rings is 1.